The van der Waals surface area contributed by atoms with E-state index in [1.165, 1.54) is 11.3 Å². The molecule has 3 heterocycles. The van der Waals surface area contributed by atoms with Crippen molar-refractivity contribution in [2.24, 2.45) is 5.41 Å². The molecule has 2 fully saturated rings. The van der Waals surface area contributed by atoms with E-state index in [-0.39, 0.29) is 11.3 Å². The van der Waals surface area contributed by atoms with Crippen molar-refractivity contribution in [1.82, 2.24) is 9.80 Å². The van der Waals surface area contributed by atoms with E-state index in [1.54, 1.807) is 7.11 Å². The SMILES string of the molecule is COCCN1CCC2(COCCN(C(=O)c3cccs3)C2)C1. The summed E-state index contributed by atoms with van der Waals surface area (Å²) < 4.78 is 11.0. The Labute approximate surface area is 135 Å². The van der Waals surface area contributed by atoms with E-state index in [0.29, 0.717) is 13.2 Å². The molecular weight excluding hydrogens is 300 g/mol. The van der Waals surface area contributed by atoms with Crippen molar-refractivity contribution < 1.29 is 14.3 Å². The first-order valence-electron chi connectivity index (χ1n) is 7.84. The Balaban J connectivity index is 1.67. The molecule has 1 aromatic heterocycles. The van der Waals surface area contributed by atoms with E-state index in [9.17, 15) is 4.79 Å². The predicted octanol–water partition coefficient (Wildman–Crippen LogP) is 1.56. The van der Waals surface area contributed by atoms with Crippen molar-refractivity contribution in [3.8, 4) is 0 Å². The number of hydrogen-bond acceptors (Lipinski definition) is 5. The van der Waals surface area contributed by atoms with Crippen LogP contribution < -0.4 is 0 Å². The zero-order valence-corrected chi connectivity index (χ0v) is 13.9. The highest BCUT2D eigenvalue weighted by molar-refractivity contribution is 7.12. The van der Waals surface area contributed by atoms with Crippen molar-refractivity contribution >= 4 is 17.2 Å². The minimum atomic E-state index is 0.0805. The maximum Gasteiger partial charge on any atom is 0.264 e. The number of hydrogen-bond donors (Lipinski definition) is 0. The van der Waals surface area contributed by atoms with Gasteiger partial charge in [-0.05, 0) is 24.4 Å². The first-order valence-corrected chi connectivity index (χ1v) is 8.72. The van der Waals surface area contributed by atoms with Crippen LogP contribution in [0.25, 0.3) is 0 Å². The molecule has 1 atom stereocenters. The van der Waals surface area contributed by atoms with Gasteiger partial charge in [-0.3, -0.25) is 4.79 Å². The summed E-state index contributed by atoms with van der Waals surface area (Å²) in [5, 5.41) is 1.96. The second-order valence-electron chi connectivity index (χ2n) is 6.28. The molecule has 0 saturated carbocycles. The van der Waals surface area contributed by atoms with E-state index < -0.39 is 0 Å². The van der Waals surface area contributed by atoms with Crippen molar-refractivity contribution in [2.45, 2.75) is 6.42 Å². The Kier molecular flexibility index (Phi) is 5.13. The second kappa shape index (κ2) is 7.08. The van der Waals surface area contributed by atoms with E-state index in [1.807, 2.05) is 22.4 Å². The number of methoxy groups -OCH3 is 1. The molecule has 0 bridgehead atoms. The van der Waals surface area contributed by atoms with E-state index in [4.69, 9.17) is 9.47 Å². The highest BCUT2D eigenvalue weighted by Crippen LogP contribution is 2.33. The number of ether oxygens (including phenoxy) is 2. The van der Waals surface area contributed by atoms with Crippen LogP contribution in [-0.4, -0.2) is 75.4 Å². The first-order chi connectivity index (χ1) is 10.7. The fourth-order valence-corrected chi connectivity index (χ4v) is 4.10. The lowest BCUT2D eigenvalue weighted by Gasteiger charge is -2.31. The van der Waals surface area contributed by atoms with Gasteiger partial charge >= 0.3 is 0 Å². The summed E-state index contributed by atoms with van der Waals surface area (Å²) in [5.74, 6) is 0.148. The largest absolute Gasteiger partial charge is 0.383 e. The van der Waals surface area contributed by atoms with Gasteiger partial charge in [0.2, 0.25) is 0 Å². The van der Waals surface area contributed by atoms with Gasteiger partial charge in [-0.2, -0.15) is 0 Å². The molecule has 0 aromatic carbocycles. The Hall–Kier alpha value is -0.950. The Bertz CT molecular complexity index is 494. The summed E-state index contributed by atoms with van der Waals surface area (Å²) in [7, 11) is 1.74. The molecule has 2 aliphatic rings. The molecule has 1 unspecified atom stereocenters. The fourth-order valence-electron chi connectivity index (χ4n) is 3.41. The van der Waals surface area contributed by atoms with Crippen LogP contribution in [0.3, 0.4) is 0 Å². The topological polar surface area (TPSA) is 42.0 Å². The van der Waals surface area contributed by atoms with Crippen LogP contribution in [0.15, 0.2) is 17.5 Å². The van der Waals surface area contributed by atoms with Crippen molar-refractivity contribution in [2.75, 3.05) is 59.7 Å². The highest BCUT2D eigenvalue weighted by atomic mass is 32.1. The third-order valence-corrected chi connectivity index (χ3v) is 5.45. The van der Waals surface area contributed by atoms with Gasteiger partial charge < -0.3 is 19.3 Å². The minimum Gasteiger partial charge on any atom is -0.383 e. The zero-order chi connectivity index (χ0) is 15.4. The van der Waals surface area contributed by atoms with Gasteiger partial charge in [0.25, 0.3) is 5.91 Å². The molecule has 0 N–H and O–H groups in total. The third-order valence-electron chi connectivity index (χ3n) is 4.59. The lowest BCUT2D eigenvalue weighted by molar-refractivity contribution is 0.0631. The van der Waals surface area contributed by atoms with Crippen LogP contribution in [0.1, 0.15) is 16.1 Å². The standard InChI is InChI=1S/C16H24N2O3S/c1-20-8-6-17-5-4-16(11-17)12-18(7-9-21-13-16)15(19)14-3-2-10-22-14/h2-3,10H,4-9,11-13H2,1H3. The summed E-state index contributed by atoms with van der Waals surface area (Å²) in [6.07, 6.45) is 1.09. The van der Waals surface area contributed by atoms with Gasteiger partial charge in [0, 0.05) is 38.7 Å². The molecule has 22 heavy (non-hydrogen) atoms. The number of thiophene rings is 1. The molecule has 5 nitrogen and oxygen atoms in total. The Morgan fingerprint density at radius 2 is 2.36 bits per heavy atom. The van der Waals surface area contributed by atoms with E-state index in [2.05, 4.69) is 4.90 Å². The molecule has 1 spiro atoms. The highest BCUT2D eigenvalue weighted by Gasteiger charge is 2.42. The number of rotatable bonds is 4. The predicted molar refractivity (Wildman–Crippen MR) is 86.4 cm³/mol. The van der Waals surface area contributed by atoms with Crippen LogP contribution >= 0.6 is 11.3 Å². The molecule has 1 aromatic rings. The summed E-state index contributed by atoms with van der Waals surface area (Å²) >= 11 is 1.52. The number of carbonyl (C=O) groups is 1. The van der Waals surface area contributed by atoms with Crippen LogP contribution in [0.5, 0.6) is 0 Å². The maximum absolute atomic E-state index is 12.7. The van der Waals surface area contributed by atoms with E-state index in [0.717, 1.165) is 50.7 Å². The molecule has 6 heteroatoms. The molecule has 3 rings (SSSR count). The lowest BCUT2D eigenvalue weighted by Crippen LogP contribution is -2.43. The molecule has 1 amide bonds. The third kappa shape index (κ3) is 3.51. The molecule has 2 aliphatic heterocycles. The van der Waals surface area contributed by atoms with Gasteiger partial charge in [0.05, 0.1) is 24.7 Å². The molecule has 2 saturated heterocycles. The minimum absolute atomic E-state index is 0.0805. The summed E-state index contributed by atoms with van der Waals surface area (Å²) in [5.41, 5.74) is 0.0805. The van der Waals surface area contributed by atoms with E-state index >= 15 is 0 Å². The quantitative estimate of drug-likeness (QED) is 0.843. The Morgan fingerprint density at radius 1 is 1.45 bits per heavy atom. The fraction of sp³-hybridized carbons (Fsp3) is 0.688. The number of amides is 1. The lowest BCUT2D eigenvalue weighted by atomic mass is 9.87. The smallest absolute Gasteiger partial charge is 0.264 e. The molecular formula is C16H24N2O3S. The van der Waals surface area contributed by atoms with Gasteiger partial charge in [-0.15, -0.1) is 11.3 Å². The monoisotopic (exact) mass is 324 g/mol. The van der Waals surface area contributed by atoms with Gasteiger partial charge in [0.1, 0.15) is 0 Å². The van der Waals surface area contributed by atoms with Crippen molar-refractivity contribution in [1.29, 1.82) is 0 Å². The first kappa shape index (κ1) is 15.9. The molecule has 0 aliphatic carbocycles. The van der Waals surface area contributed by atoms with Crippen LogP contribution in [0.4, 0.5) is 0 Å². The average molecular weight is 324 g/mol. The zero-order valence-electron chi connectivity index (χ0n) is 13.1. The van der Waals surface area contributed by atoms with Crippen molar-refractivity contribution in [3.05, 3.63) is 22.4 Å². The summed E-state index contributed by atoms with van der Waals surface area (Å²) in [6, 6.07) is 3.84. The van der Waals surface area contributed by atoms with Gasteiger partial charge in [-0.25, -0.2) is 0 Å². The number of likely N-dealkylation sites (tertiary alicyclic amines) is 1. The molecule has 0 radical (unpaired) electrons. The van der Waals surface area contributed by atoms with Crippen LogP contribution in [0, 0.1) is 5.41 Å². The second-order valence-corrected chi connectivity index (χ2v) is 7.22. The Morgan fingerprint density at radius 3 is 3.14 bits per heavy atom. The normalized spacial score (nSPS) is 26.5. The van der Waals surface area contributed by atoms with Gasteiger partial charge in [-0.1, -0.05) is 6.07 Å². The maximum atomic E-state index is 12.7. The van der Waals surface area contributed by atoms with Crippen LogP contribution in [0.2, 0.25) is 0 Å². The van der Waals surface area contributed by atoms with Gasteiger partial charge in [0.15, 0.2) is 0 Å². The number of carbonyl (C=O) groups excluding carboxylic acids is 1. The summed E-state index contributed by atoms with van der Waals surface area (Å²) in [4.78, 5) is 17.9. The summed E-state index contributed by atoms with van der Waals surface area (Å²) in [6.45, 7) is 6.65. The van der Waals surface area contributed by atoms with Crippen LogP contribution in [-0.2, 0) is 9.47 Å². The average Bonchev–Trinajstić information content (AvgIpc) is 3.13. The van der Waals surface area contributed by atoms with Crippen molar-refractivity contribution in [3.63, 3.8) is 0 Å². The number of nitrogens with zero attached hydrogens (tertiary/aromatic N) is 2. The molecule has 122 valence electrons.